The molecule has 0 saturated heterocycles. The van der Waals surface area contributed by atoms with Crippen LogP contribution in [-0.4, -0.2) is 29.3 Å². The maximum absolute atomic E-state index is 12.1. The Bertz CT molecular complexity index is 722. The van der Waals surface area contributed by atoms with Gasteiger partial charge in [-0.05, 0) is 49.8 Å². The Hall–Kier alpha value is -2.34. The van der Waals surface area contributed by atoms with Crippen LogP contribution in [0, 0.1) is 19.3 Å². The molecule has 0 aliphatic carbocycles. The Kier molecular flexibility index (Phi) is 6.20. The number of urea groups is 1. The van der Waals surface area contributed by atoms with Crippen LogP contribution in [0.1, 0.15) is 37.9 Å². The first-order valence-electron chi connectivity index (χ1n) is 8.49. The van der Waals surface area contributed by atoms with Crippen LogP contribution in [0.5, 0.6) is 0 Å². The first kappa shape index (κ1) is 19.0. The number of nitrogens with one attached hydrogen (secondary N) is 2. The molecule has 0 aliphatic rings. The standard InChI is InChI=1S/C19H27N3O3/c1-13-6-7-15(17-21-14(2)11-25-17)10-16(13)22-18(24)20-9-5-8-19(3,4)12-23/h6-7,10-11,23H,5,8-9,12H2,1-4H3,(H2,20,22,24). The summed E-state index contributed by atoms with van der Waals surface area (Å²) in [7, 11) is 0. The zero-order chi connectivity index (χ0) is 18.4. The summed E-state index contributed by atoms with van der Waals surface area (Å²) in [6, 6.07) is 5.45. The van der Waals surface area contributed by atoms with Crippen LogP contribution in [-0.2, 0) is 0 Å². The first-order valence-corrected chi connectivity index (χ1v) is 8.49. The van der Waals surface area contributed by atoms with Gasteiger partial charge in [0, 0.05) is 24.4 Å². The lowest BCUT2D eigenvalue weighted by atomic mass is 9.89. The van der Waals surface area contributed by atoms with E-state index in [1.165, 1.54) is 0 Å². The summed E-state index contributed by atoms with van der Waals surface area (Å²) in [5.74, 6) is 0.534. The van der Waals surface area contributed by atoms with Crippen molar-refractivity contribution in [3.05, 3.63) is 35.7 Å². The molecule has 25 heavy (non-hydrogen) atoms. The van der Waals surface area contributed by atoms with Gasteiger partial charge in [0.05, 0.1) is 5.69 Å². The molecule has 3 N–H and O–H groups in total. The van der Waals surface area contributed by atoms with E-state index in [-0.39, 0.29) is 18.1 Å². The van der Waals surface area contributed by atoms with Crippen molar-refractivity contribution < 1.29 is 14.3 Å². The van der Waals surface area contributed by atoms with E-state index in [2.05, 4.69) is 15.6 Å². The number of carbonyl (C=O) groups excluding carboxylic acids is 1. The van der Waals surface area contributed by atoms with Gasteiger partial charge in [0.2, 0.25) is 5.89 Å². The average Bonchev–Trinajstić information content (AvgIpc) is 3.00. The fraction of sp³-hybridized carbons (Fsp3) is 0.474. The number of benzene rings is 1. The fourth-order valence-electron chi connectivity index (χ4n) is 2.39. The third-order valence-corrected chi connectivity index (χ3v) is 4.10. The van der Waals surface area contributed by atoms with Gasteiger partial charge < -0.3 is 20.2 Å². The second kappa shape index (κ2) is 8.16. The first-order chi connectivity index (χ1) is 11.8. The normalized spacial score (nSPS) is 11.4. The Labute approximate surface area is 148 Å². The molecule has 0 unspecified atom stereocenters. The zero-order valence-electron chi connectivity index (χ0n) is 15.3. The lowest BCUT2D eigenvalue weighted by Crippen LogP contribution is -2.30. The van der Waals surface area contributed by atoms with E-state index in [0.717, 1.165) is 35.3 Å². The summed E-state index contributed by atoms with van der Waals surface area (Å²) in [5, 5.41) is 15.0. The van der Waals surface area contributed by atoms with E-state index in [9.17, 15) is 9.90 Å². The van der Waals surface area contributed by atoms with Gasteiger partial charge in [-0.3, -0.25) is 0 Å². The van der Waals surface area contributed by atoms with Crippen LogP contribution < -0.4 is 10.6 Å². The summed E-state index contributed by atoms with van der Waals surface area (Å²) in [4.78, 5) is 16.4. The number of carbonyl (C=O) groups is 1. The molecule has 2 aromatic rings. The number of aromatic nitrogens is 1. The summed E-state index contributed by atoms with van der Waals surface area (Å²) in [5.41, 5.74) is 3.20. The quantitative estimate of drug-likeness (QED) is 0.665. The molecule has 1 aromatic carbocycles. The Morgan fingerprint density at radius 3 is 2.72 bits per heavy atom. The van der Waals surface area contributed by atoms with Gasteiger partial charge >= 0.3 is 6.03 Å². The lowest BCUT2D eigenvalue weighted by Gasteiger charge is -2.21. The molecule has 0 saturated carbocycles. The Balaban J connectivity index is 1.92. The third kappa shape index (κ3) is 5.60. The van der Waals surface area contributed by atoms with Crippen molar-refractivity contribution in [2.45, 2.75) is 40.5 Å². The van der Waals surface area contributed by atoms with Crippen LogP contribution in [0.2, 0.25) is 0 Å². The number of aryl methyl sites for hydroxylation is 2. The molecule has 0 spiro atoms. The number of anilines is 1. The second-order valence-electron chi connectivity index (χ2n) is 7.13. The highest BCUT2D eigenvalue weighted by Crippen LogP contribution is 2.25. The van der Waals surface area contributed by atoms with Crippen LogP contribution >= 0.6 is 0 Å². The summed E-state index contributed by atoms with van der Waals surface area (Å²) >= 11 is 0. The monoisotopic (exact) mass is 345 g/mol. The number of rotatable bonds is 7. The number of nitrogens with zero attached hydrogens (tertiary/aromatic N) is 1. The molecule has 0 fully saturated rings. The van der Waals surface area contributed by atoms with Crippen LogP contribution in [0.4, 0.5) is 10.5 Å². The molecule has 0 aliphatic heterocycles. The number of aliphatic hydroxyl groups is 1. The lowest BCUT2D eigenvalue weighted by molar-refractivity contribution is 0.148. The number of amides is 2. The highest BCUT2D eigenvalue weighted by molar-refractivity contribution is 5.90. The van der Waals surface area contributed by atoms with E-state index < -0.39 is 0 Å². The minimum absolute atomic E-state index is 0.114. The van der Waals surface area contributed by atoms with E-state index in [0.29, 0.717) is 12.4 Å². The molecule has 0 radical (unpaired) electrons. The molecule has 136 valence electrons. The molecule has 2 rings (SSSR count). The predicted octanol–water partition coefficient (Wildman–Crippen LogP) is 3.88. The Morgan fingerprint density at radius 1 is 1.32 bits per heavy atom. The number of aliphatic hydroxyl groups excluding tert-OH is 1. The number of hydrogen-bond donors (Lipinski definition) is 3. The fourth-order valence-corrected chi connectivity index (χ4v) is 2.39. The highest BCUT2D eigenvalue weighted by Gasteiger charge is 2.15. The van der Waals surface area contributed by atoms with Crippen molar-refractivity contribution >= 4 is 11.7 Å². The summed E-state index contributed by atoms with van der Waals surface area (Å²) < 4.78 is 5.41. The molecule has 6 heteroatoms. The van der Waals surface area contributed by atoms with Crippen LogP contribution in [0.15, 0.2) is 28.9 Å². The van der Waals surface area contributed by atoms with Gasteiger partial charge in [-0.2, -0.15) is 0 Å². The van der Waals surface area contributed by atoms with E-state index >= 15 is 0 Å². The van der Waals surface area contributed by atoms with Gasteiger partial charge in [0.1, 0.15) is 6.26 Å². The SMILES string of the molecule is Cc1coc(-c2ccc(C)c(NC(=O)NCCCC(C)(C)CO)c2)n1. The molecule has 1 heterocycles. The molecule has 1 aromatic heterocycles. The highest BCUT2D eigenvalue weighted by atomic mass is 16.3. The second-order valence-corrected chi connectivity index (χ2v) is 7.13. The van der Waals surface area contributed by atoms with Crippen molar-refractivity contribution in [1.82, 2.24) is 10.3 Å². The van der Waals surface area contributed by atoms with Gasteiger partial charge in [0.15, 0.2) is 0 Å². The van der Waals surface area contributed by atoms with Crippen molar-refractivity contribution in [3.8, 4) is 11.5 Å². The van der Waals surface area contributed by atoms with E-state index in [1.807, 2.05) is 45.9 Å². The zero-order valence-corrected chi connectivity index (χ0v) is 15.3. The number of hydrogen-bond acceptors (Lipinski definition) is 4. The average molecular weight is 345 g/mol. The largest absolute Gasteiger partial charge is 0.444 e. The topological polar surface area (TPSA) is 87.4 Å². The molecule has 0 atom stereocenters. The number of oxazole rings is 1. The Morgan fingerprint density at radius 2 is 2.08 bits per heavy atom. The van der Waals surface area contributed by atoms with Gasteiger partial charge in [0.25, 0.3) is 0 Å². The smallest absolute Gasteiger partial charge is 0.319 e. The van der Waals surface area contributed by atoms with Crippen molar-refractivity contribution in [2.75, 3.05) is 18.5 Å². The van der Waals surface area contributed by atoms with E-state index in [4.69, 9.17) is 4.42 Å². The van der Waals surface area contributed by atoms with Crippen LogP contribution in [0.25, 0.3) is 11.5 Å². The molecule has 2 amide bonds. The maximum atomic E-state index is 12.1. The maximum Gasteiger partial charge on any atom is 0.319 e. The minimum Gasteiger partial charge on any atom is -0.444 e. The minimum atomic E-state index is -0.245. The predicted molar refractivity (Wildman–Crippen MR) is 98.5 cm³/mol. The van der Waals surface area contributed by atoms with Crippen molar-refractivity contribution in [1.29, 1.82) is 0 Å². The molecule has 6 nitrogen and oxygen atoms in total. The van der Waals surface area contributed by atoms with Gasteiger partial charge in [-0.15, -0.1) is 0 Å². The van der Waals surface area contributed by atoms with Crippen LogP contribution in [0.3, 0.4) is 0 Å². The van der Waals surface area contributed by atoms with Crippen molar-refractivity contribution in [2.24, 2.45) is 5.41 Å². The van der Waals surface area contributed by atoms with E-state index in [1.54, 1.807) is 6.26 Å². The summed E-state index contributed by atoms with van der Waals surface area (Å²) in [6.45, 7) is 8.52. The van der Waals surface area contributed by atoms with Crippen molar-refractivity contribution in [3.63, 3.8) is 0 Å². The molecular weight excluding hydrogens is 318 g/mol. The van der Waals surface area contributed by atoms with Gasteiger partial charge in [-0.25, -0.2) is 9.78 Å². The van der Waals surface area contributed by atoms with Gasteiger partial charge in [-0.1, -0.05) is 19.9 Å². The molecular formula is C19H27N3O3. The molecule has 0 bridgehead atoms. The summed E-state index contributed by atoms with van der Waals surface area (Å²) in [6.07, 6.45) is 3.26. The third-order valence-electron chi connectivity index (χ3n) is 4.10.